The summed E-state index contributed by atoms with van der Waals surface area (Å²) in [5, 5.41) is 3.51. The van der Waals surface area contributed by atoms with Crippen molar-refractivity contribution in [3.8, 4) is 0 Å². The first-order valence-electron chi connectivity index (χ1n) is 10.9. The van der Waals surface area contributed by atoms with Crippen LogP contribution in [0, 0.1) is 13.8 Å². The van der Waals surface area contributed by atoms with Crippen molar-refractivity contribution in [2.75, 3.05) is 38.5 Å². The maximum Gasteiger partial charge on any atom is 0.255 e. The van der Waals surface area contributed by atoms with Crippen molar-refractivity contribution in [2.24, 2.45) is 0 Å². The summed E-state index contributed by atoms with van der Waals surface area (Å²) in [7, 11) is -1.67. The molecular formula is C24H27N5O3S2. The van der Waals surface area contributed by atoms with E-state index in [-0.39, 0.29) is 16.4 Å². The first kappa shape index (κ1) is 24.3. The summed E-state index contributed by atoms with van der Waals surface area (Å²) >= 11 is 1.45. The van der Waals surface area contributed by atoms with E-state index in [4.69, 9.17) is 0 Å². The maximum atomic E-state index is 13.0. The van der Waals surface area contributed by atoms with Crippen molar-refractivity contribution < 1.29 is 13.2 Å². The molecule has 8 nitrogen and oxygen atoms in total. The molecule has 1 aliphatic heterocycles. The molecule has 0 radical (unpaired) electrons. The van der Waals surface area contributed by atoms with Crippen molar-refractivity contribution in [1.82, 2.24) is 19.2 Å². The van der Waals surface area contributed by atoms with Gasteiger partial charge in [0.25, 0.3) is 5.91 Å². The van der Waals surface area contributed by atoms with E-state index in [0.717, 1.165) is 16.3 Å². The van der Waals surface area contributed by atoms with Gasteiger partial charge in [-0.15, -0.1) is 0 Å². The molecule has 0 spiro atoms. The highest BCUT2D eigenvalue weighted by Gasteiger charge is 2.28. The predicted octanol–water partition coefficient (Wildman–Crippen LogP) is 3.43. The number of aromatic nitrogens is 2. The minimum atomic E-state index is -3.64. The number of likely N-dealkylation sites (N-methyl/N-ethyl adjacent to an activating group) is 1. The molecule has 2 heterocycles. The lowest BCUT2D eigenvalue weighted by atomic mass is 10.2. The topological polar surface area (TPSA) is 95.5 Å². The lowest BCUT2D eigenvalue weighted by molar-refractivity contribution is 0.102. The van der Waals surface area contributed by atoms with Crippen molar-refractivity contribution in [1.29, 1.82) is 0 Å². The molecule has 4 rings (SSSR count). The van der Waals surface area contributed by atoms with Crippen LogP contribution in [0.3, 0.4) is 0 Å². The number of anilines is 1. The number of hydrogen-bond donors (Lipinski definition) is 1. The molecule has 10 heteroatoms. The Bertz CT molecular complexity index is 1270. The van der Waals surface area contributed by atoms with E-state index < -0.39 is 10.0 Å². The van der Waals surface area contributed by atoms with Gasteiger partial charge in [-0.05, 0) is 81.2 Å². The number of nitrogens with zero attached hydrogens (tertiary/aromatic N) is 4. The van der Waals surface area contributed by atoms with Crippen LogP contribution in [0.5, 0.6) is 0 Å². The van der Waals surface area contributed by atoms with Crippen molar-refractivity contribution in [2.45, 2.75) is 28.8 Å². The van der Waals surface area contributed by atoms with Crippen LogP contribution in [-0.2, 0) is 10.0 Å². The second-order valence-electron chi connectivity index (χ2n) is 8.25. The fourth-order valence-corrected chi connectivity index (χ4v) is 5.96. The van der Waals surface area contributed by atoms with Gasteiger partial charge < -0.3 is 10.2 Å². The summed E-state index contributed by atoms with van der Waals surface area (Å²) in [6.45, 7) is 6.11. The average Bonchev–Trinajstić information content (AvgIpc) is 2.80. The molecule has 2 aromatic carbocycles. The summed E-state index contributed by atoms with van der Waals surface area (Å²) in [4.78, 5) is 24.8. The highest BCUT2D eigenvalue weighted by atomic mass is 32.2. The fraction of sp³-hybridized carbons (Fsp3) is 0.292. The predicted molar refractivity (Wildman–Crippen MR) is 133 cm³/mol. The third-order valence-corrected chi connectivity index (χ3v) is 8.25. The van der Waals surface area contributed by atoms with Crippen LogP contribution in [0.1, 0.15) is 21.7 Å². The molecule has 178 valence electrons. The van der Waals surface area contributed by atoms with E-state index in [0.29, 0.717) is 37.0 Å². The van der Waals surface area contributed by atoms with Crippen molar-refractivity contribution in [3.63, 3.8) is 0 Å². The standard InChI is InChI=1S/C24H27N5O3S2/c1-17-15-18(2)26-24(25-17)33-21-9-7-20(8-10-21)27-23(30)19-5-4-6-22(16-19)34(31,32)29-13-11-28(3)12-14-29/h4-10,15-16H,11-14H2,1-3H3,(H,27,30). The Morgan fingerprint density at radius 1 is 0.941 bits per heavy atom. The van der Waals surface area contributed by atoms with Crippen LogP contribution < -0.4 is 5.32 Å². The molecule has 1 saturated heterocycles. The Balaban J connectivity index is 1.43. The molecule has 1 aromatic heterocycles. The molecule has 1 amide bonds. The zero-order valence-electron chi connectivity index (χ0n) is 19.4. The largest absolute Gasteiger partial charge is 0.322 e. The number of piperazine rings is 1. The van der Waals surface area contributed by atoms with Gasteiger partial charge in [0.2, 0.25) is 10.0 Å². The monoisotopic (exact) mass is 497 g/mol. The number of amides is 1. The van der Waals surface area contributed by atoms with E-state index in [1.807, 2.05) is 39.1 Å². The van der Waals surface area contributed by atoms with Crippen molar-refractivity contribution in [3.05, 3.63) is 71.5 Å². The summed E-state index contributed by atoms with van der Waals surface area (Å²) in [5.74, 6) is -0.367. The van der Waals surface area contributed by atoms with Gasteiger partial charge in [0.15, 0.2) is 5.16 Å². The van der Waals surface area contributed by atoms with Crippen LogP contribution in [0.15, 0.2) is 69.5 Å². The fourth-order valence-electron chi connectivity index (χ4n) is 3.63. The zero-order valence-corrected chi connectivity index (χ0v) is 21.0. The summed E-state index contributed by atoms with van der Waals surface area (Å²) in [6.07, 6.45) is 0. The van der Waals surface area contributed by atoms with Crippen LogP contribution in [-0.4, -0.2) is 66.7 Å². The number of rotatable bonds is 6. The van der Waals surface area contributed by atoms with Crippen LogP contribution in [0.4, 0.5) is 5.69 Å². The second-order valence-corrected chi connectivity index (χ2v) is 11.2. The third-order valence-electron chi connectivity index (χ3n) is 5.48. The molecule has 0 saturated carbocycles. The van der Waals surface area contributed by atoms with Gasteiger partial charge in [-0.3, -0.25) is 4.79 Å². The zero-order chi connectivity index (χ0) is 24.3. The lowest BCUT2D eigenvalue weighted by Crippen LogP contribution is -2.47. The van der Waals surface area contributed by atoms with Gasteiger partial charge in [0.05, 0.1) is 4.90 Å². The molecule has 34 heavy (non-hydrogen) atoms. The number of nitrogens with one attached hydrogen (secondary N) is 1. The number of benzene rings is 2. The Hall–Kier alpha value is -2.79. The van der Waals surface area contributed by atoms with E-state index in [1.54, 1.807) is 24.3 Å². The molecular weight excluding hydrogens is 470 g/mol. The Labute approximate surface area is 204 Å². The Kier molecular flexibility index (Phi) is 7.32. The molecule has 0 atom stereocenters. The smallest absolute Gasteiger partial charge is 0.255 e. The summed E-state index contributed by atoms with van der Waals surface area (Å²) < 4.78 is 27.5. The quantitative estimate of drug-likeness (QED) is 0.521. The van der Waals surface area contributed by atoms with Crippen LogP contribution in [0.25, 0.3) is 0 Å². The van der Waals surface area contributed by atoms with E-state index in [1.165, 1.54) is 28.2 Å². The van der Waals surface area contributed by atoms with Gasteiger partial charge in [-0.1, -0.05) is 6.07 Å². The number of carbonyl (C=O) groups is 1. The average molecular weight is 498 g/mol. The molecule has 1 fully saturated rings. The minimum Gasteiger partial charge on any atom is -0.322 e. The molecule has 0 bridgehead atoms. The second kappa shape index (κ2) is 10.2. The lowest BCUT2D eigenvalue weighted by Gasteiger charge is -2.31. The minimum absolute atomic E-state index is 0.130. The number of hydrogen-bond acceptors (Lipinski definition) is 7. The first-order valence-corrected chi connectivity index (χ1v) is 13.2. The van der Waals surface area contributed by atoms with Crippen LogP contribution in [0.2, 0.25) is 0 Å². The Morgan fingerprint density at radius 2 is 1.59 bits per heavy atom. The summed E-state index contributed by atoms with van der Waals surface area (Å²) in [5.41, 5.74) is 2.73. The highest BCUT2D eigenvalue weighted by Crippen LogP contribution is 2.26. The van der Waals surface area contributed by atoms with Gasteiger partial charge in [-0.25, -0.2) is 18.4 Å². The van der Waals surface area contributed by atoms with E-state index in [9.17, 15) is 13.2 Å². The van der Waals surface area contributed by atoms with Crippen LogP contribution >= 0.6 is 11.8 Å². The Morgan fingerprint density at radius 3 is 2.24 bits per heavy atom. The van der Waals surface area contributed by atoms with Crippen molar-refractivity contribution >= 4 is 33.4 Å². The van der Waals surface area contributed by atoms with E-state index >= 15 is 0 Å². The van der Waals surface area contributed by atoms with Gasteiger partial charge in [-0.2, -0.15) is 4.31 Å². The molecule has 1 N–H and O–H groups in total. The third kappa shape index (κ3) is 5.82. The maximum absolute atomic E-state index is 13.0. The van der Waals surface area contributed by atoms with Gasteiger partial charge in [0.1, 0.15) is 0 Å². The molecule has 0 aliphatic carbocycles. The summed E-state index contributed by atoms with van der Waals surface area (Å²) in [6, 6.07) is 15.5. The van der Waals surface area contributed by atoms with Gasteiger partial charge in [0, 0.05) is 53.7 Å². The molecule has 0 unspecified atom stereocenters. The molecule has 3 aromatic rings. The SMILES string of the molecule is Cc1cc(C)nc(Sc2ccc(NC(=O)c3cccc(S(=O)(=O)N4CCN(C)CC4)c3)cc2)n1. The first-order chi connectivity index (χ1) is 16.2. The van der Waals surface area contributed by atoms with Gasteiger partial charge >= 0.3 is 0 Å². The normalized spacial score (nSPS) is 15.3. The van der Waals surface area contributed by atoms with E-state index in [2.05, 4.69) is 20.2 Å². The number of sulfonamides is 1. The number of aryl methyl sites for hydroxylation is 2. The highest BCUT2D eigenvalue weighted by molar-refractivity contribution is 7.99. The number of carbonyl (C=O) groups excluding carboxylic acids is 1. The molecule has 1 aliphatic rings.